The molecule has 0 spiro atoms. The first-order valence-corrected chi connectivity index (χ1v) is 3.75. The predicted molar refractivity (Wildman–Crippen MR) is 36.4 cm³/mol. The van der Waals surface area contributed by atoms with Crippen LogP contribution in [0.1, 0.15) is 19.8 Å². The molecule has 1 atom stereocenters. The van der Waals surface area contributed by atoms with E-state index in [1.165, 1.54) is 0 Å². The minimum Gasteiger partial charge on any atom is -0.350 e. The highest BCUT2D eigenvalue weighted by molar-refractivity contribution is 5.85. The zero-order valence-corrected chi connectivity index (χ0v) is 6.36. The second kappa shape index (κ2) is 2.75. The summed E-state index contributed by atoms with van der Waals surface area (Å²) in [4.78, 5) is 10.5. The van der Waals surface area contributed by atoms with Gasteiger partial charge in [-0.15, -0.1) is 0 Å². The molecule has 1 heterocycles. The van der Waals surface area contributed by atoms with Gasteiger partial charge >= 0.3 is 5.92 Å². The molecule has 1 N–H and O–H groups in total. The number of hydrogen-bond acceptors (Lipinski definition) is 1. The molecule has 0 radical (unpaired) electrons. The Labute approximate surface area is 64.0 Å². The molecule has 1 aliphatic rings. The molecule has 11 heavy (non-hydrogen) atoms. The molecule has 0 aromatic heterocycles. The molecule has 4 heteroatoms. The van der Waals surface area contributed by atoms with Crippen molar-refractivity contribution < 1.29 is 13.6 Å². The van der Waals surface area contributed by atoms with Crippen LogP contribution in [0.25, 0.3) is 0 Å². The summed E-state index contributed by atoms with van der Waals surface area (Å²) < 4.78 is 25.6. The number of alkyl halides is 2. The van der Waals surface area contributed by atoms with Crippen molar-refractivity contribution in [3.63, 3.8) is 0 Å². The van der Waals surface area contributed by atoms with E-state index >= 15 is 0 Å². The highest BCUT2D eigenvalue weighted by Crippen LogP contribution is 2.32. The van der Waals surface area contributed by atoms with Crippen molar-refractivity contribution >= 4 is 5.91 Å². The summed E-state index contributed by atoms with van der Waals surface area (Å²) in [5.74, 6) is -5.04. The zero-order chi connectivity index (χ0) is 8.48. The fourth-order valence-electron chi connectivity index (χ4n) is 1.28. The zero-order valence-electron chi connectivity index (χ0n) is 6.36. The Balaban J connectivity index is 2.62. The van der Waals surface area contributed by atoms with Gasteiger partial charge in [0.15, 0.2) is 0 Å². The molecule has 0 aromatic rings. The Hall–Kier alpha value is -0.670. The van der Waals surface area contributed by atoms with Gasteiger partial charge in [0.05, 0.1) is 0 Å². The van der Waals surface area contributed by atoms with Gasteiger partial charge in [-0.3, -0.25) is 4.79 Å². The Bertz CT molecular complexity index is 170. The van der Waals surface area contributed by atoms with Crippen LogP contribution in [0.5, 0.6) is 0 Å². The van der Waals surface area contributed by atoms with Gasteiger partial charge in [0.1, 0.15) is 0 Å². The second-order valence-electron chi connectivity index (χ2n) is 2.82. The summed E-state index contributed by atoms with van der Waals surface area (Å²) in [6.07, 6.45) is 1.10. The van der Waals surface area contributed by atoms with Crippen LogP contribution in [0.2, 0.25) is 0 Å². The van der Waals surface area contributed by atoms with Gasteiger partial charge in [-0.05, 0) is 6.42 Å². The molecule has 0 saturated carbocycles. The van der Waals surface area contributed by atoms with Crippen LogP contribution in [-0.2, 0) is 4.79 Å². The predicted octanol–water partition coefficient (Wildman–Crippen LogP) is 1.17. The largest absolute Gasteiger partial charge is 0.350 e. The Morgan fingerprint density at radius 3 is 2.73 bits per heavy atom. The molecule has 1 unspecified atom stereocenters. The minimum atomic E-state index is -3.13. The monoisotopic (exact) mass is 163 g/mol. The Kier molecular flexibility index (Phi) is 2.11. The second-order valence-corrected chi connectivity index (χ2v) is 2.82. The summed E-state index contributed by atoms with van der Waals surface area (Å²) in [5, 5.41) is 2.16. The molecule has 64 valence electrons. The lowest BCUT2D eigenvalue weighted by Gasteiger charge is -2.13. The molecular formula is C7H11F2NO. The van der Waals surface area contributed by atoms with Gasteiger partial charge in [-0.2, -0.15) is 8.78 Å². The molecule has 0 bridgehead atoms. The quantitative estimate of drug-likeness (QED) is 0.650. The van der Waals surface area contributed by atoms with Crippen molar-refractivity contribution in [2.24, 2.45) is 5.92 Å². The van der Waals surface area contributed by atoms with E-state index < -0.39 is 17.7 Å². The number of carbonyl (C=O) groups is 1. The van der Waals surface area contributed by atoms with E-state index in [1.54, 1.807) is 0 Å². The Morgan fingerprint density at radius 2 is 2.36 bits per heavy atom. The third-order valence-electron chi connectivity index (χ3n) is 1.96. The number of halogens is 2. The van der Waals surface area contributed by atoms with E-state index in [4.69, 9.17) is 0 Å². The Morgan fingerprint density at radius 1 is 1.73 bits per heavy atom. The minimum absolute atomic E-state index is 0.125. The van der Waals surface area contributed by atoms with Gasteiger partial charge in [-0.1, -0.05) is 13.3 Å². The van der Waals surface area contributed by atoms with Crippen molar-refractivity contribution in [2.75, 3.05) is 6.54 Å². The average molecular weight is 163 g/mol. The molecular weight excluding hydrogens is 152 g/mol. The van der Waals surface area contributed by atoms with E-state index in [-0.39, 0.29) is 6.54 Å². The smallest absolute Gasteiger partial charge is 0.328 e. The maximum atomic E-state index is 12.8. The normalized spacial score (nSPS) is 28.6. The van der Waals surface area contributed by atoms with Crippen LogP contribution in [0.3, 0.4) is 0 Å². The van der Waals surface area contributed by atoms with Crippen LogP contribution < -0.4 is 5.32 Å². The third kappa shape index (κ3) is 1.34. The van der Waals surface area contributed by atoms with Crippen LogP contribution in [0, 0.1) is 5.92 Å². The van der Waals surface area contributed by atoms with Crippen molar-refractivity contribution in [3.8, 4) is 0 Å². The van der Waals surface area contributed by atoms with Gasteiger partial charge < -0.3 is 5.32 Å². The first-order valence-electron chi connectivity index (χ1n) is 3.75. The maximum Gasteiger partial charge on any atom is 0.328 e. The summed E-state index contributed by atoms with van der Waals surface area (Å²) in [5.41, 5.74) is 0. The highest BCUT2D eigenvalue weighted by Gasteiger charge is 2.51. The first-order chi connectivity index (χ1) is 5.09. The van der Waals surface area contributed by atoms with E-state index in [0.717, 1.165) is 0 Å². The molecule has 1 rings (SSSR count). The fourth-order valence-corrected chi connectivity index (χ4v) is 1.28. The fraction of sp³-hybridized carbons (Fsp3) is 0.857. The lowest BCUT2D eigenvalue weighted by molar-refractivity contribution is -0.144. The molecule has 0 aromatic carbocycles. The van der Waals surface area contributed by atoms with E-state index in [9.17, 15) is 13.6 Å². The third-order valence-corrected chi connectivity index (χ3v) is 1.96. The van der Waals surface area contributed by atoms with E-state index in [0.29, 0.717) is 12.8 Å². The van der Waals surface area contributed by atoms with Gasteiger partial charge in [0, 0.05) is 12.5 Å². The SMILES string of the molecule is CCCC1CNC(=O)C1(F)F. The van der Waals surface area contributed by atoms with Gasteiger partial charge in [0.25, 0.3) is 5.91 Å². The number of nitrogens with one attached hydrogen (secondary N) is 1. The van der Waals surface area contributed by atoms with Crippen molar-refractivity contribution in [2.45, 2.75) is 25.7 Å². The van der Waals surface area contributed by atoms with Crippen molar-refractivity contribution in [1.82, 2.24) is 5.32 Å². The van der Waals surface area contributed by atoms with Crippen molar-refractivity contribution in [3.05, 3.63) is 0 Å². The van der Waals surface area contributed by atoms with E-state index in [1.807, 2.05) is 6.92 Å². The van der Waals surface area contributed by atoms with Gasteiger partial charge in [0.2, 0.25) is 0 Å². The molecule has 1 aliphatic heterocycles. The van der Waals surface area contributed by atoms with Crippen LogP contribution >= 0.6 is 0 Å². The lowest BCUT2D eigenvalue weighted by Crippen LogP contribution is -2.32. The van der Waals surface area contributed by atoms with Crippen LogP contribution in [0.4, 0.5) is 8.78 Å². The molecule has 0 aliphatic carbocycles. The number of amides is 1. The number of carbonyl (C=O) groups excluding carboxylic acids is 1. The van der Waals surface area contributed by atoms with Crippen molar-refractivity contribution in [1.29, 1.82) is 0 Å². The topological polar surface area (TPSA) is 29.1 Å². The lowest BCUT2D eigenvalue weighted by atomic mass is 10.00. The maximum absolute atomic E-state index is 12.8. The summed E-state index contributed by atoms with van der Waals surface area (Å²) in [6, 6.07) is 0. The molecule has 2 nitrogen and oxygen atoms in total. The number of rotatable bonds is 2. The number of hydrogen-bond donors (Lipinski definition) is 1. The van der Waals surface area contributed by atoms with Crippen LogP contribution in [-0.4, -0.2) is 18.4 Å². The van der Waals surface area contributed by atoms with Gasteiger partial charge in [-0.25, -0.2) is 0 Å². The standard InChI is InChI=1S/C7H11F2NO/c1-2-3-5-4-10-6(11)7(5,8)9/h5H,2-4H2,1H3,(H,10,11). The summed E-state index contributed by atoms with van der Waals surface area (Å²) >= 11 is 0. The molecule has 1 amide bonds. The van der Waals surface area contributed by atoms with E-state index in [2.05, 4.69) is 5.32 Å². The summed E-state index contributed by atoms with van der Waals surface area (Å²) in [6.45, 7) is 1.96. The van der Waals surface area contributed by atoms with Crippen LogP contribution in [0.15, 0.2) is 0 Å². The molecule has 1 saturated heterocycles. The average Bonchev–Trinajstić information content (AvgIpc) is 2.16. The highest BCUT2D eigenvalue weighted by atomic mass is 19.3. The first kappa shape index (κ1) is 8.43. The summed E-state index contributed by atoms with van der Waals surface area (Å²) in [7, 11) is 0. The molecule has 1 fully saturated rings.